The van der Waals surface area contributed by atoms with Crippen LogP contribution in [0.25, 0.3) is 6.08 Å². The van der Waals surface area contributed by atoms with E-state index in [1.165, 1.54) is 11.3 Å². The molecule has 0 radical (unpaired) electrons. The lowest BCUT2D eigenvalue weighted by atomic mass is 9.96. The van der Waals surface area contributed by atoms with Crippen molar-refractivity contribution in [1.29, 1.82) is 0 Å². The van der Waals surface area contributed by atoms with Gasteiger partial charge in [-0.1, -0.05) is 89.7 Å². The summed E-state index contributed by atoms with van der Waals surface area (Å²) < 4.78 is 13.5. The number of ether oxygens (including phenoxy) is 2. The van der Waals surface area contributed by atoms with Crippen LogP contribution in [0.1, 0.15) is 36.6 Å². The van der Waals surface area contributed by atoms with E-state index >= 15 is 0 Å². The van der Waals surface area contributed by atoms with Crippen LogP contribution < -0.4 is 19.6 Å². The van der Waals surface area contributed by atoms with Gasteiger partial charge in [0.05, 0.1) is 28.5 Å². The molecule has 0 amide bonds. The van der Waals surface area contributed by atoms with Gasteiger partial charge in [0.25, 0.3) is 5.56 Å². The van der Waals surface area contributed by atoms with Crippen LogP contribution in [-0.4, -0.2) is 17.1 Å². The standard InChI is InChI=1S/C30H25ClN2O4S/c1-3-36-29(35)26-19(2)32-30-33(27(26)20-11-5-4-6-12-20)28(34)25(38-30)17-21-13-8-10-16-24(21)37-18-22-14-7-9-15-23(22)31/h4-17,27H,3,18H2,1-2H3/b25-17-/t27-/m1/s1. The molecule has 8 heteroatoms. The summed E-state index contributed by atoms with van der Waals surface area (Å²) in [5.41, 5.74) is 3.09. The Hall–Kier alpha value is -3.94. The third kappa shape index (κ3) is 5.08. The van der Waals surface area contributed by atoms with Gasteiger partial charge in [0, 0.05) is 16.1 Å². The van der Waals surface area contributed by atoms with Gasteiger partial charge in [-0.2, -0.15) is 0 Å². The molecule has 0 spiro atoms. The van der Waals surface area contributed by atoms with Crippen molar-refractivity contribution in [2.45, 2.75) is 26.5 Å². The van der Waals surface area contributed by atoms with Gasteiger partial charge in [-0.15, -0.1) is 0 Å². The Kier molecular flexibility index (Phi) is 7.58. The quantitative estimate of drug-likeness (QED) is 0.306. The minimum Gasteiger partial charge on any atom is -0.488 e. The zero-order valence-corrected chi connectivity index (χ0v) is 22.5. The minimum absolute atomic E-state index is 0.229. The molecule has 192 valence electrons. The number of hydrogen-bond donors (Lipinski definition) is 0. The molecule has 0 fully saturated rings. The summed E-state index contributed by atoms with van der Waals surface area (Å²) >= 11 is 7.57. The first kappa shape index (κ1) is 25.7. The first-order chi connectivity index (χ1) is 18.5. The maximum absolute atomic E-state index is 13.8. The van der Waals surface area contributed by atoms with Gasteiger partial charge >= 0.3 is 5.97 Å². The average molecular weight is 545 g/mol. The van der Waals surface area contributed by atoms with Crippen LogP contribution in [0.15, 0.2) is 99.9 Å². The second-order valence-corrected chi connectivity index (χ2v) is 10.0. The Morgan fingerprint density at radius 1 is 1.05 bits per heavy atom. The summed E-state index contributed by atoms with van der Waals surface area (Å²) in [4.78, 5) is 32.0. The van der Waals surface area contributed by atoms with Crippen LogP contribution in [-0.2, 0) is 16.1 Å². The van der Waals surface area contributed by atoms with Gasteiger partial charge in [0.15, 0.2) is 4.80 Å². The molecular weight excluding hydrogens is 520 g/mol. The van der Waals surface area contributed by atoms with Crippen molar-refractivity contribution in [3.8, 4) is 5.75 Å². The highest BCUT2D eigenvalue weighted by Crippen LogP contribution is 2.30. The van der Waals surface area contributed by atoms with Gasteiger partial charge in [0.1, 0.15) is 12.4 Å². The smallest absolute Gasteiger partial charge is 0.338 e. The normalized spacial score (nSPS) is 15.1. The summed E-state index contributed by atoms with van der Waals surface area (Å²) in [6.07, 6.45) is 1.80. The van der Waals surface area contributed by atoms with Crippen LogP contribution >= 0.6 is 22.9 Å². The predicted molar refractivity (Wildman–Crippen MR) is 149 cm³/mol. The monoisotopic (exact) mass is 544 g/mol. The molecule has 3 aromatic carbocycles. The first-order valence-corrected chi connectivity index (χ1v) is 13.4. The van der Waals surface area contributed by atoms with E-state index in [9.17, 15) is 9.59 Å². The Labute approximate surface area is 228 Å². The molecule has 1 atom stereocenters. The van der Waals surface area contributed by atoms with E-state index in [-0.39, 0.29) is 12.2 Å². The summed E-state index contributed by atoms with van der Waals surface area (Å²) in [5, 5.41) is 0.631. The molecule has 1 aliphatic heterocycles. The second-order valence-electron chi connectivity index (χ2n) is 8.63. The molecule has 0 saturated carbocycles. The molecule has 0 N–H and O–H groups in total. The van der Waals surface area contributed by atoms with Crippen LogP contribution in [0.2, 0.25) is 5.02 Å². The number of benzene rings is 3. The summed E-state index contributed by atoms with van der Waals surface area (Å²) in [6.45, 7) is 4.05. The lowest BCUT2D eigenvalue weighted by Crippen LogP contribution is -2.39. The third-order valence-electron chi connectivity index (χ3n) is 6.18. The number of hydrogen-bond acceptors (Lipinski definition) is 6. The molecule has 1 aromatic heterocycles. The maximum Gasteiger partial charge on any atom is 0.338 e. The zero-order chi connectivity index (χ0) is 26.6. The van der Waals surface area contributed by atoms with Crippen molar-refractivity contribution in [3.05, 3.63) is 132 Å². The maximum atomic E-state index is 13.8. The highest BCUT2D eigenvalue weighted by Gasteiger charge is 2.33. The number of fused-ring (bicyclic) bond motifs is 1. The van der Waals surface area contributed by atoms with Gasteiger partial charge in [-0.25, -0.2) is 9.79 Å². The number of allylic oxidation sites excluding steroid dienone is 1. The van der Waals surface area contributed by atoms with Crippen molar-refractivity contribution < 1.29 is 14.3 Å². The van der Waals surface area contributed by atoms with Crippen LogP contribution in [0.3, 0.4) is 0 Å². The topological polar surface area (TPSA) is 69.9 Å². The summed E-state index contributed by atoms with van der Waals surface area (Å²) in [6, 6.07) is 23.9. The largest absolute Gasteiger partial charge is 0.488 e. The van der Waals surface area contributed by atoms with E-state index in [4.69, 9.17) is 21.1 Å². The minimum atomic E-state index is -0.639. The van der Waals surface area contributed by atoms with Crippen molar-refractivity contribution in [3.63, 3.8) is 0 Å². The van der Waals surface area contributed by atoms with E-state index in [0.717, 1.165) is 16.7 Å². The van der Waals surface area contributed by atoms with E-state index in [2.05, 4.69) is 4.99 Å². The zero-order valence-electron chi connectivity index (χ0n) is 20.9. The molecule has 0 unspecified atom stereocenters. The van der Waals surface area contributed by atoms with Crippen molar-refractivity contribution >= 4 is 35.0 Å². The summed E-state index contributed by atoms with van der Waals surface area (Å²) in [5.74, 6) is 0.149. The molecule has 38 heavy (non-hydrogen) atoms. The number of nitrogens with zero attached hydrogens (tertiary/aromatic N) is 2. The van der Waals surface area contributed by atoms with Gasteiger partial charge in [-0.3, -0.25) is 9.36 Å². The Morgan fingerprint density at radius 2 is 1.76 bits per heavy atom. The fraction of sp³-hybridized carbons (Fsp3) is 0.167. The molecule has 4 aromatic rings. The van der Waals surface area contributed by atoms with E-state index in [1.807, 2.05) is 78.9 Å². The van der Waals surface area contributed by atoms with Crippen LogP contribution in [0, 0.1) is 0 Å². The number of carbonyl (C=O) groups is 1. The lowest BCUT2D eigenvalue weighted by Gasteiger charge is -2.24. The second kappa shape index (κ2) is 11.2. The van der Waals surface area contributed by atoms with Crippen molar-refractivity contribution in [1.82, 2.24) is 4.57 Å². The molecular formula is C30H25ClN2O4S. The lowest BCUT2D eigenvalue weighted by molar-refractivity contribution is -0.139. The molecule has 0 bridgehead atoms. The fourth-order valence-corrected chi connectivity index (χ4v) is 5.61. The van der Waals surface area contributed by atoms with E-state index < -0.39 is 12.0 Å². The third-order valence-corrected chi connectivity index (χ3v) is 7.53. The number of halogens is 1. The van der Waals surface area contributed by atoms with Gasteiger partial charge in [-0.05, 0) is 37.6 Å². The molecule has 6 nitrogen and oxygen atoms in total. The average Bonchev–Trinajstić information content (AvgIpc) is 3.22. The Morgan fingerprint density at radius 3 is 2.53 bits per heavy atom. The van der Waals surface area contributed by atoms with Crippen LogP contribution in [0.5, 0.6) is 5.75 Å². The number of para-hydroxylation sites is 1. The molecule has 2 heterocycles. The van der Waals surface area contributed by atoms with Crippen LogP contribution in [0.4, 0.5) is 0 Å². The highest BCUT2D eigenvalue weighted by atomic mass is 35.5. The molecule has 5 rings (SSSR count). The van der Waals surface area contributed by atoms with Crippen molar-refractivity contribution in [2.75, 3.05) is 6.61 Å². The van der Waals surface area contributed by atoms with Gasteiger partial charge in [0.2, 0.25) is 0 Å². The van der Waals surface area contributed by atoms with Crippen molar-refractivity contribution in [2.24, 2.45) is 4.99 Å². The summed E-state index contributed by atoms with van der Waals surface area (Å²) in [7, 11) is 0. The highest BCUT2D eigenvalue weighted by molar-refractivity contribution is 7.07. The number of rotatable bonds is 7. The fourth-order valence-electron chi connectivity index (χ4n) is 4.39. The predicted octanol–water partition coefficient (Wildman–Crippen LogP) is 5.03. The number of aromatic nitrogens is 1. The van der Waals surface area contributed by atoms with Gasteiger partial charge < -0.3 is 9.47 Å². The molecule has 0 saturated heterocycles. The Balaban J connectivity index is 1.59. The number of carbonyl (C=O) groups excluding carboxylic acids is 1. The SMILES string of the molecule is CCOC(=O)C1=C(C)N=c2s/c(=C\c3ccccc3OCc3ccccc3Cl)c(=O)n2[C@@H]1c1ccccc1. The molecule has 0 aliphatic carbocycles. The first-order valence-electron chi connectivity index (χ1n) is 12.2. The molecule has 1 aliphatic rings. The number of esters is 1. The van der Waals surface area contributed by atoms with E-state index in [1.54, 1.807) is 24.5 Å². The van der Waals surface area contributed by atoms with E-state index in [0.29, 0.717) is 38.0 Å². The number of thiazole rings is 1. The Bertz CT molecular complexity index is 1710.